The van der Waals surface area contributed by atoms with Crippen molar-refractivity contribution in [3.05, 3.63) is 83.4 Å². The number of rotatable bonds is 9. The summed E-state index contributed by atoms with van der Waals surface area (Å²) in [6.45, 7) is 1.05. The maximum absolute atomic E-state index is 13.0. The van der Waals surface area contributed by atoms with E-state index in [1.54, 1.807) is 61.6 Å². The van der Waals surface area contributed by atoms with Crippen molar-refractivity contribution >= 4 is 29.1 Å². The molecule has 0 atom stereocenters. The van der Waals surface area contributed by atoms with Gasteiger partial charge in [-0.2, -0.15) is 0 Å². The third-order valence-electron chi connectivity index (χ3n) is 6.06. The summed E-state index contributed by atoms with van der Waals surface area (Å²) < 4.78 is 10.6. The molecule has 4 rings (SSSR count). The maximum Gasteiger partial charge on any atom is 0.255 e. The van der Waals surface area contributed by atoms with Gasteiger partial charge in [0.15, 0.2) is 11.5 Å². The van der Waals surface area contributed by atoms with Crippen LogP contribution in [-0.2, 0) is 11.2 Å². The van der Waals surface area contributed by atoms with Crippen LogP contribution >= 0.6 is 0 Å². The Kier molecular flexibility index (Phi) is 7.85. The molecular formula is C28H29N3O5. The number of nitrogens with zero attached hydrogens (tertiary/aromatic N) is 1. The Morgan fingerprint density at radius 1 is 0.917 bits per heavy atom. The predicted octanol–water partition coefficient (Wildman–Crippen LogP) is 4.06. The molecule has 0 aliphatic carbocycles. The molecular weight excluding hydrogens is 458 g/mol. The Labute approximate surface area is 210 Å². The third kappa shape index (κ3) is 5.66. The maximum atomic E-state index is 13.0. The number of hydrogen-bond acceptors (Lipinski definition) is 5. The quantitative estimate of drug-likeness (QED) is 0.475. The normalized spacial score (nSPS) is 12.8. The summed E-state index contributed by atoms with van der Waals surface area (Å²) in [5.74, 6) is 0.694. The molecule has 1 fully saturated rings. The van der Waals surface area contributed by atoms with E-state index >= 15 is 0 Å². The fourth-order valence-electron chi connectivity index (χ4n) is 4.17. The molecule has 1 heterocycles. The molecule has 2 N–H and O–H groups in total. The van der Waals surface area contributed by atoms with E-state index in [1.165, 1.54) is 0 Å². The van der Waals surface area contributed by atoms with Crippen molar-refractivity contribution in [1.29, 1.82) is 0 Å². The molecule has 0 radical (unpaired) electrons. The minimum atomic E-state index is -0.353. The molecule has 0 aromatic heterocycles. The van der Waals surface area contributed by atoms with E-state index in [0.717, 1.165) is 12.0 Å². The van der Waals surface area contributed by atoms with E-state index in [2.05, 4.69) is 10.6 Å². The van der Waals surface area contributed by atoms with Gasteiger partial charge in [0, 0.05) is 30.8 Å². The van der Waals surface area contributed by atoms with E-state index < -0.39 is 0 Å². The van der Waals surface area contributed by atoms with Gasteiger partial charge in [-0.25, -0.2) is 0 Å². The third-order valence-corrected chi connectivity index (χ3v) is 6.06. The van der Waals surface area contributed by atoms with Crippen LogP contribution in [0.15, 0.2) is 66.7 Å². The highest BCUT2D eigenvalue weighted by molar-refractivity contribution is 6.09. The number of nitrogens with one attached hydrogen (secondary N) is 2. The Hall–Kier alpha value is -4.33. The zero-order valence-corrected chi connectivity index (χ0v) is 20.4. The van der Waals surface area contributed by atoms with Gasteiger partial charge in [-0.05, 0) is 60.9 Å². The Balaban J connectivity index is 1.40. The number of amides is 3. The van der Waals surface area contributed by atoms with Crippen LogP contribution in [0.25, 0.3) is 0 Å². The highest BCUT2D eigenvalue weighted by Crippen LogP contribution is 2.28. The highest BCUT2D eigenvalue weighted by atomic mass is 16.5. The van der Waals surface area contributed by atoms with Gasteiger partial charge in [0.1, 0.15) is 0 Å². The minimum absolute atomic E-state index is 0.0580. The van der Waals surface area contributed by atoms with Crippen LogP contribution in [0.3, 0.4) is 0 Å². The number of ether oxygens (including phenoxy) is 2. The van der Waals surface area contributed by atoms with E-state index in [-0.39, 0.29) is 17.7 Å². The zero-order valence-electron chi connectivity index (χ0n) is 20.4. The lowest BCUT2D eigenvalue weighted by Gasteiger charge is -2.17. The number of carbonyl (C=O) groups excluding carboxylic acids is 3. The van der Waals surface area contributed by atoms with Crippen molar-refractivity contribution < 1.29 is 23.9 Å². The van der Waals surface area contributed by atoms with Gasteiger partial charge in [0.25, 0.3) is 11.8 Å². The van der Waals surface area contributed by atoms with Crippen LogP contribution in [0, 0.1) is 0 Å². The molecule has 0 unspecified atom stereocenters. The van der Waals surface area contributed by atoms with E-state index in [1.807, 2.05) is 24.3 Å². The predicted molar refractivity (Wildman–Crippen MR) is 138 cm³/mol. The van der Waals surface area contributed by atoms with Crippen molar-refractivity contribution in [3.8, 4) is 11.5 Å². The lowest BCUT2D eigenvalue weighted by Crippen LogP contribution is -2.27. The Morgan fingerprint density at radius 3 is 2.47 bits per heavy atom. The summed E-state index contributed by atoms with van der Waals surface area (Å²) >= 11 is 0. The van der Waals surface area contributed by atoms with Crippen molar-refractivity contribution in [3.63, 3.8) is 0 Å². The highest BCUT2D eigenvalue weighted by Gasteiger charge is 2.22. The van der Waals surface area contributed by atoms with Crippen LogP contribution in [0.4, 0.5) is 11.4 Å². The largest absolute Gasteiger partial charge is 0.493 e. The Morgan fingerprint density at radius 2 is 1.72 bits per heavy atom. The molecule has 1 saturated heterocycles. The average Bonchev–Trinajstić information content (AvgIpc) is 3.34. The molecule has 1 aliphatic heterocycles. The molecule has 0 bridgehead atoms. The first-order valence-corrected chi connectivity index (χ1v) is 11.8. The number of methoxy groups -OCH3 is 2. The lowest BCUT2D eigenvalue weighted by atomic mass is 10.1. The molecule has 0 spiro atoms. The van der Waals surface area contributed by atoms with Crippen molar-refractivity contribution in [1.82, 2.24) is 5.32 Å². The summed E-state index contributed by atoms with van der Waals surface area (Å²) in [4.78, 5) is 39.7. The smallest absolute Gasteiger partial charge is 0.255 e. The zero-order chi connectivity index (χ0) is 25.5. The van der Waals surface area contributed by atoms with Gasteiger partial charge in [-0.1, -0.05) is 24.3 Å². The minimum Gasteiger partial charge on any atom is -0.493 e. The van der Waals surface area contributed by atoms with Gasteiger partial charge in [-0.15, -0.1) is 0 Å². The second-order valence-electron chi connectivity index (χ2n) is 8.39. The van der Waals surface area contributed by atoms with E-state index in [9.17, 15) is 14.4 Å². The average molecular weight is 488 g/mol. The van der Waals surface area contributed by atoms with E-state index in [4.69, 9.17) is 9.47 Å². The fourth-order valence-corrected chi connectivity index (χ4v) is 4.17. The number of anilines is 2. The molecule has 3 aromatic rings. The molecule has 0 saturated carbocycles. The second kappa shape index (κ2) is 11.4. The summed E-state index contributed by atoms with van der Waals surface area (Å²) in [7, 11) is 3.16. The summed E-state index contributed by atoms with van der Waals surface area (Å²) in [6.07, 6.45) is 1.93. The SMILES string of the molecule is COc1ccc(CCNC(=O)c2ccccc2NC(=O)c2cccc(N3CCCC3=O)c2)cc1OC. The van der Waals surface area contributed by atoms with Gasteiger partial charge in [0.2, 0.25) is 5.91 Å². The van der Waals surface area contributed by atoms with Crippen LogP contribution in [0.1, 0.15) is 39.1 Å². The molecule has 8 heteroatoms. The van der Waals surface area contributed by atoms with Crippen LogP contribution in [0.5, 0.6) is 11.5 Å². The topological polar surface area (TPSA) is 97.0 Å². The number of benzene rings is 3. The van der Waals surface area contributed by atoms with Crippen molar-refractivity contribution in [2.75, 3.05) is 37.5 Å². The summed E-state index contributed by atoms with van der Waals surface area (Å²) in [5.41, 5.74) is 2.88. The monoisotopic (exact) mass is 487 g/mol. The molecule has 8 nitrogen and oxygen atoms in total. The molecule has 186 valence electrons. The van der Waals surface area contributed by atoms with Crippen molar-refractivity contribution in [2.24, 2.45) is 0 Å². The van der Waals surface area contributed by atoms with Gasteiger partial charge in [-0.3, -0.25) is 14.4 Å². The standard InChI is InChI=1S/C28H29N3O5/c1-35-24-13-12-19(17-25(24)36-2)14-15-29-28(34)22-9-3-4-10-23(22)30-27(33)20-7-5-8-21(18-20)31-16-6-11-26(31)32/h3-5,7-10,12-13,17-18H,6,11,14-16H2,1-2H3,(H,29,34)(H,30,33). The Bertz CT molecular complexity index is 1270. The first kappa shape index (κ1) is 24.8. The van der Waals surface area contributed by atoms with Gasteiger partial charge >= 0.3 is 0 Å². The molecule has 3 amide bonds. The number of hydrogen-bond donors (Lipinski definition) is 2. The first-order valence-electron chi connectivity index (χ1n) is 11.8. The van der Waals surface area contributed by atoms with Crippen molar-refractivity contribution in [2.45, 2.75) is 19.3 Å². The molecule has 3 aromatic carbocycles. The summed E-state index contributed by atoms with van der Waals surface area (Å²) in [6, 6.07) is 19.4. The van der Waals surface area contributed by atoms with Crippen LogP contribution in [-0.4, -0.2) is 45.0 Å². The second-order valence-corrected chi connectivity index (χ2v) is 8.39. The van der Waals surface area contributed by atoms with Gasteiger partial charge < -0.3 is 25.0 Å². The van der Waals surface area contributed by atoms with Crippen LogP contribution in [0.2, 0.25) is 0 Å². The van der Waals surface area contributed by atoms with Crippen LogP contribution < -0.4 is 25.0 Å². The molecule has 36 heavy (non-hydrogen) atoms. The lowest BCUT2D eigenvalue weighted by molar-refractivity contribution is -0.117. The summed E-state index contributed by atoms with van der Waals surface area (Å²) in [5, 5.41) is 5.75. The fraction of sp³-hybridized carbons (Fsp3) is 0.250. The van der Waals surface area contributed by atoms with E-state index in [0.29, 0.717) is 59.9 Å². The first-order chi connectivity index (χ1) is 17.5. The van der Waals surface area contributed by atoms with Gasteiger partial charge in [0.05, 0.1) is 25.5 Å². The number of para-hydroxylation sites is 1. The molecule has 1 aliphatic rings. The number of carbonyl (C=O) groups is 3.